The topological polar surface area (TPSA) is 90.4 Å². The molecule has 9 heteroatoms. The molecule has 0 saturated heterocycles. The van der Waals surface area contributed by atoms with Gasteiger partial charge in [-0.05, 0) is 35.9 Å². The Kier molecular flexibility index (Phi) is 6.37. The molecule has 0 amide bonds. The molecular formula is C21H18ClFN2O5. The minimum atomic E-state index is -0.699. The first kappa shape index (κ1) is 21.3. The molecule has 1 N–H and O–H groups in total. The zero-order valence-electron chi connectivity index (χ0n) is 16.2. The Labute approximate surface area is 176 Å². The standard InChI is InChI=1S/C21H18ClFN2O5/c1-29-14-5-3-4-12(8-14)9-18(26)20-16(11-19(27)30-2)24-25(21(20)28)17-7-6-13(23)10-15(17)22/h3-8,10,24H,9,11H2,1-2H3. The van der Waals surface area contributed by atoms with Gasteiger partial charge in [0.05, 0.1) is 37.0 Å². The van der Waals surface area contributed by atoms with E-state index >= 15 is 0 Å². The lowest BCUT2D eigenvalue weighted by Crippen LogP contribution is -2.22. The fraction of sp³-hybridized carbons (Fsp3) is 0.190. The molecule has 0 spiro atoms. The fourth-order valence-corrected chi connectivity index (χ4v) is 3.25. The van der Waals surface area contributed by atoms with Crippen LogP contribution in [0.5, 0.6) is 5.75 Å². The van der Waals surface area contributed by atoms with Crippen LogP contribution in [0.15, 0.2) is 47.3 Å². The lowest BCUT2D eigenvalue weighted by Gasteiger charge is -2.04. The highest BCUT2D eigenvalue weighted by Crippen LogP contribution is 2.21. The molecule has 3 rings (SSSR count). The molecule has 0 unspecified atom stereocenters. The van der Waals surface area contributed by atoms with Crippen LogP contribution in [0.2, 0.25) is 5.02 Å². The van der Waals surface area contributed by atoms with Crippen LogP contribution in [0.4, 0.5) is 4.39 Å². The van der Waals surface area contributed by atoms with Crippen molar-refractivity contribution in [2.24, 2.45) is 0 Å². The number of nitrogens with one attached hydrogen (secondary N) is 1. The van der Waals surface area contributed by atoms with Gasteiger partial charge in [-0.2, -0.15) is 0 Å². The van der Waals surface area contributed by atoms with E-state index in [4.69, 9.17) is 16.3 Å². The lowest BCUT2D eigenvalue weighted by atomic mass is 10.0. The summed E-state index contributed by atoms with van der Waals surface area (Å²) >= 11 is 6.06. The number of aromatic nitrogens is 2. The van der Waals surface area contributed by atoms with E-state index in [1.165, 1.54) is 20.3 Å². The van der Waals surface area contributed by atoms with Gasteiger partial charge in [0, 0.05) is 6.42 Å². The van der Waals surface area contributed by atoms with Crippen molar-refractivity contribution < 1.29 is 23.5 Å². The van der Waals surface area contributed by atoms with Gasteiger partial charge in [-0.3, -0.25) is 19.5 Å². The largest absolute Gasteiger partial charge is 0.497 e. The fourth-order valence-electron chi connectivity index (χ4n) is 3.00. The summed E-state index contributed by atoms with van der Waals surface area (Å²) in [6.45, 7) is 0. The monoisotopic (exact) mass is 432 g/mol. The van der Waals surface area contributed by atoms with Gasteiger partial charge in [0.25, 0.3) is 5.56 Å². The summed E-state index contributed by atoms with van der Waals surface area (Å²) in [5, 5.41) is 2.70. The molecule has 0 atom stereocenters. The van der Waals surface area contributed by atoms with Crippen molar-refractivity contribution >= 4 is 23.4 Å². The number of benzene rings is 2. The molecule has 0 bridgehead atoms. The van der Waals surface area contributed by atoms with Crippen molar-refractivity contribution in [3.8, 4) is 11.4 Å². The van der Waals surface area contributed by atoms with E-state index in [1.54, 1.807) is 24.3 Å². The van der Waals surface area contributed by atoms with E-state index in [-0.39, 0.29) is 34.8 Å². The second-order valence-electron chi connectivity index (χ2n) is 6.41. The molecule has 1 heterocycles. The Morgan fingerprint density at radius 3 is 2.57 bits per heavy atom. The third-order valence-electron chi connectivity index (χ3n) is 4.44. The van der Waals surface area contributed by atoms with Crippen molar-refractivity contribution in [2.45, 2.75) is 12.8 Å². The van der Waals surface area contributed by atoms with E-state index in [9.17, 15) is 18.8 Å². The molecule has 3 aromatic rings. The third kappa shape index (κ3) is 4.44. The number of aromatic amines is 1. The normalized spacial score (nSPS) is 10.7. The van der Waals surface area contributed by atoms with Gasteiger partial charge in [0.1, 0.15) is 17.1 Å². The highest BCUT2D eigenvalue weighted by molar-refractivity contribution is 6.32. The maximum absolute atomic E-state index is 13.4. The molecular weight excluding hydrogens is 415 g/mol. The number of rotatable bonds is 7. The Hall–Kier alpha value is -3.39. The van der Waals surface area contributed by atoms with E-state index in [0.717, 1.165) is 16.8 Å². The quantitative estimate of drug-likeness (QED) is 0.457. The Morgan fingerprint density at radius 1 is 1.13 bits per heavy atom. The van der Waals surface area contributed by atoms with Gasteiger partial charge in [0.15, 0.2) is 5.78 Å². The van der Waals surface area contributed by atoms with Crippen molar-refractivity contribution in [3.63, 3.8) is 0 Å². The summed E-state index contributed by atoms with van der Waals surface area (Å²) < 4.78 is 24.2. The smallest absolute Gasteiger partial charge is 0.311 e. The first-order valence-electron chi connectivity index (χ1n) is 8.86. The van der Waals surface area contributed by atoms with Crippen LogP contribution in [-0.4, -0.2) is 35.8 Å². The molecule has 156 valence electrons. The third-order valence-corrected chi connectivity index (χ3v) is 4.75. The average Bonchev–Trinajstić information content (AvgIpc) is 3.03. The molecule has 0 radical (unpaired) electrons. The van der Waals surface area contributed by atoms with Gasteiger partial charge in [0.2, 0.25) is 0 Å². The molecule has 0 fully saturated rings. The Balaban J connectivity index is 2.06. The van der Waals surface area contributed by atoms with E-state index in [2.05, 4.69) is 9.84 Å². The van der Waals surface area contributed by atoms with Crippen molar-refractivity contribution in [1.29, 1.82) is 0 Å². The van der Waals surface area contributed by atoms with Crippen molar-refractivity contribution in [2.75, 3.05) is 14.2 Å². The number of carbonyl (C=O) groups excluding carboxylic acids is 2. The predicted molar refractivity (Wildman–Crippen MR) is 108 cm³/mol. The molecule has 1 aromatic heterocycles. The van der Waals surface area contributed by atoms with Gasteiger partial charge in [-0.25, -0.2) is 9.07 Å². The summed E-state index contributed by atoms with van der Waals surface area (Å²) in [6, 6.07) is 10.3. The van der Waals surface area contributed by atoms with Crippen LogP contribution >= 0.6 is 11.6 Å². The van der Waals surface area contributed by atoms with Gasteiger partial charge in [-0.1, -0.05) is 23.7 Å². The van der Waals surface area contributed by atoms with Crippen LogP contribution in [0.1, 0.15) is 21.6 Å². The van der Waals surface area contributed by atoms with Gasteiger partial charge in [-0.15, -0.1) is 0 Å². The van der Waals surface area contributed by atoms with Crippen LogP contribution in [-0.2, 0) is 22.4 Å². The number of carbonyl (C=O) groups is 2. The summed E-state index contributed by atoms with van der Waals surface area (Å²) in [7, 11) is 2.71. The summed E-state index contributed by atoms with van der Waals surface area (Å²) in [5.41, 5.74) is -0.0241. The number of methoxy groups -OCH3 is 2. The molecule has 2 aromatic carbocycles. The minimum absolute atomic E-state index is 0.0326. The van der Waals surface area contributed by atoms with Crippen molar-refractivity contribution in [3.05, 3.63) is 80.5 Å². The van der Waals surface area contributed by atoms with Crippen molar-refractivity contribution in [1.82, 2.24) is 9.78 Å². The zero-order chi connectivity index (χ0) is 21.8. The first-order chi connectivity index (χ1) is 14.3. The molecule has 0 aliphatic heterocycles. The number of esters is 1. The second-order valence-corrected chi connectivity index (χ2v) is 6.81. The number of H-pyrrole nitrogens is 1. The summed E-state index contributed by atoms with van der Waals surface area (Å²) in [6.07, 6.45) is -0.410. The van der Waals surface area contributed by atoms with Crippen LogP contribution in [0, 0.1) is 5.82 Å². The Bertz CT molecular complexity index is 1170. The Morgan fingerprint density at radius 2 is 1.90 bits per heavy atom. The minimum Gasteiger partial charge on any atom is -0.497 e. The number of ether oxygens (including phenoxy) is 2. The van der Waals surface area contributed by atoms with E-state index < -0.39 is 23.1 Å². The predicted octanol–water partition coefficient (Wildman–Crippen LogP) is 3.11. The number of hydrogen-bond acceptors (Lipinski definition) is 5. The lowest BCUT2D eigenvalue weighted by molar-refractivity contribution is -0.139. The highest BCUT2D eigenvalue weighted by atomic mass is 35.5. The average molecular weight is 433 g/mol. The highest BCUT2D eigenvalue weighted by Gasteiger charge is 2.24. The first-order valence-corrected chi connectivity index (χ1v) is 9.24. The molecule has 0 saturated carbocycles. The van der Waals surface area contributed by atoms with Crippen LogP contribution in [0.3, 0.4) is 0 Å². The maximum atomic E-state index is 13.4. The second kappa shape index (κ2) is 8.96. The zero-order valence-corrected chi connectivity index (χ0v) is 17.0. The number of halogens is 2. The number of nitrogens with zero attached hydrogens (tertiary/aromatic N) is 1. The molecule has 0 aliphatic rings. The van der Waals surface area contributed by atoms with Crippen LogP contribution in [0.25, 0.3) is 5.69 Å². The van der Waals surface area contributed by atoms with Crippen LogP contribution < -0.4 is 10.3 Å². The molecule has 30 heavy (non-hydrogen) atoms. The van der Waals surface area contributed by atoms with E-state index in [0.29, 0.717) is 11.3 Å². The maximum Gasteiger partial charge on any atom is 0.311 e. The SMILES string of the molecule is COC(=O)Cc1[nH]n(-c2ccc(F)cc2Cl)c(=O)c1C(=O)Cc1cccc(OC)c1. The molecule has 7 nitrogen and oxygen atoms in total. The van der Waals surface area contributed by atoms with Gasteiger partial charge >= 0.3 is 5.97 Å². The summed E-state index contributed by atoms with van der Waals surface area (Å²) in [5.74, 6) is -1.14. The van der Waals surface area contributed by atoms with E-state index in [1.807, 2.05) is 0 Å². The van der Waals surface area contributed by atoms with Gasteiger partial charge < -0.3 is 9.47 Å². The number of hydrogen-bond donors (Lipinski definition) is 1. The number of ketones is 1. The molecule has 0 aliphatic carbocycles. The summed E-state index contributed by atoms with van der Waals surface area (Å²) in [4.78, 5) is 37.8. The number of Topliss-reactive ketones (excluding diaryl/α,β-unsaturated/α-hetero) is 1.